The standard InChI is InChI=1S/C17H13FN2O4/c1-22-14-8-7-10(17(21)23-2)9-12(14)15-19-16(24-20-15)11-5-3-4-6-13(11)18/h3-9H,1-2H3. The maximum Gasteiger partial charge on any atom is 0.337 e. The van der Waals surface area contributed by atoms with Crippen LogP contribution in [0.3, 0.4) is 0 Å². The van der Waals surface area contributed by atoms with Crippen LogP contribution in [0.15, 0.2) is 47.0 Å². The number of aromatic nitrogens is 2. The lowest BCUT2D eigenvalue weighted by Crippen LogP contribution is -2.02. The van der Waals surface area contributed by atoms with Gasteiger partial charge in [-0.3, -0.25) is 0 Å². The Kier molecular flexibility index (Phi) is 4.24. The molecule has 0 aliphatic rings. The third kappa shape index (κ3) is 2.83. The molecule has 0 unspecified atom stereocenters. The van der Waals surface area contributed by atoms with Gasteiger partial charge in [-0.15, -0.1) is 0 Å². The topological polar surface area (TPSA) is 74.5 Å². The lowest BCUT2D eigenvalue weighted by molar-refractivity contribution is 0.0600. The normalized spacial score (nSPS) is 10.5. The SMILES string of the molecule is COC(=O)c1ccc(OC)c(-c2noc(-c3ccccc3F)n2)c1. The monoisotopic (exact) mass is 328 g/mol. The van der Waals surface area contributed by atoms with Crippen LogP contribution in [0.5, 0.6) is 5.75 Å². The molecule has 0 bridgehead atoms. The van der Waals surface area contributed by atoms with Gasteiger partial charge in [0, 0.05) is 0 Å². The van der Waals surface area contributed by atoms with Gasteiger partial charge in [-0.25, -0.2) is 9.18 Å². The molecule has 24 heavy (non-hydrogen) atoms. The van der Waals surface area contributed by atoms with Crippen LogP contribution in [-0.2, 0) is 4.74 Å². The number of halogens is 1. The molecule has 0 saturated carbocycles. The van der Waals surface area contributed by atoms with E-state index >= 15 is 0 Å². The second kappa shape index (κ2) is 6.49. The molecule has 7 heteroatoms. The molecule has 0 aliphatic heterocycles. The quantitative estimate of drug-likeness (QED) is 0.684. The van der Waals surface area contributed by atoms with E-state index in [0.29, 0.717) is 16.9 Å². The van der Waals surface area contributed by atoms with Crippen molar-refractivity contribution in [2.24, 2.45) is 0 Å². The highest BCUT2D eigenvalue weighted by molar-refractivity contribution is 5.91. The molecule has 3 rings (SSSR count). The van der Waals surface area contributed by atoms with E-state index in [-0.39, 0.29) is 17.3 Å². The first-order chi connectivity index (χ1) is 11.6. The van der Waals surface area contributed by atoms with Crippen molar-refractivity contribution in [1.29, 1.82) is 0 Å². The zero-order valence-electron chi connectivity index (χ0n) is 12.9. The Morgan fingerprint density at radius 3 is 2.62 bits per heavy atom. The second-order valence-corrected chi connectivity index (χ2v) is 4.81. The molecule has 6 nitrogen and oxygen atoms in total. The molecule has 122 valence electrons. The molecule has 1 aromatic heterocycles. The molecule has 0 saturated heterocycles. The summed E-state index contributed by atoms with van der Waals surface area (Å²) in [6.07, 6.45) is 0. The van der Waals surface area contributed by atoms with Gasteiger partial charge in [0.15, 0.2) is 0 Å². The molecule has 3 aromatic rings. The van der Waals surface area contributed by atoms with Gasteiger partial charge in [0.1, 0.15) is 11.6 Å². The average molecular weight is 328 g/mol. The Morgan fingerprint density at radius 1 is 1.12 bits per heavy atom. The van der Waals surface area contributed by atoms with Gasteiger partial charge in [-0.1, -0.05) is 17.3 Å². The number of ether oxygens (including phenoxy) is 2. The van der Waals surface area contributed by atoms with Gasteiger partial charge >= 0.3 is 5.97 Å². The molecule has 0 N–H and O–H groups in total. The van der Waals surface area contributed by atoms with E-state index in [9.17, 15) is 9.18 Å². The smallest absolute Gasteiger partial charge is 0.337 e. The predicted molar refractivity (Wildman–Crippen MR) is 83.0 cm³/mol. The van der Waals surface area contributed by atoms with Crippen LogP contribution in [0, 0.1) is 5.82 Å². The number of esters is 1. The van der Waals surface area contributed by atoms with Gasteiger partial charge in [-0.2, -0.15) is 4.98 Å². The Balaban J connectivity index is 2.06. The Hall–Kier alpha value is -3.22. The third-order valence-electron chi connectivity index (χ3n) is 3.39. The highest BCUT2D eigenvalue weighted by Gasteiger charge is 2.18. The summed E-state index contributed by atoms with van der Waals surface area (Å²) in [5.41, 5.74) is 0.941. The number of benzene rings is 2. The van der Waals surface area contributed by atoms with Crippen LogP contribution >= 0.6 is 0 Å². The largest absolute Gasteiger partial charge is 0.496 e. The maximum absolute atomic E-state index is 13.8. The van der Waals surface area contributed by atoms with Crippen molar-refractivity contribution < 1.29 is 23.2 Å². The Labute approximate surface area is 136 Å². The number of nitrogens with zero attached hydrogens (tertiary/aromatic N) is 2. The number of carbonyl (C=O) groups excluding carboxylic acids is 1. The molecule has 1 heterocycles. The predicted octanol–water partition coefficient (Wildman–Crippen LogP) is 3.34. The number of methoxy groups -OCH3 is 2. The van der Waals surface area contributed by atoms with Crippen molar-refractivity contribution in [3.63, 3.8) is 0 Å². The molecule has 0 atom stereocenters. The lowest BCUT2D eigenvalue weighted by atomic mass is 10.1. The zero-order chi connectivity index (χ0) is 17.1. The van der Waals surface area contributed by atoms with Crippen molar-refractivity contribution in [3.05, 3.63) is 53.8 Å². The van der Waals surface area contributed by atoms with Crippen LogP contribution in [0.25, 0.3) is 22.8 Å². The van der Waals surface area contributed by atoms with Gasteiger partial charge < -0.3 is 14.0 Å². The minimum absolute atomic E-state index is 0.0358. The van der Waals surface area contributed by atoms with E-state index in [2.05, 4.69) is 10.1 Å². The fourth-order valence-electron chi connectivity index (χ4n) is 2.20. The number of hydrogen-bond donors (Lipinski definition) is 0. The molecular weight excluding hydrogens is 315 g/mol. The number of carbonyl (C=O) groups is 1. The van der Waals surface area contributed by atoms with Crippen molar-refractivity contribution in [3.8, 4) is 28.6 Å². The molecule has 0 radical (unpaired) electrons. The molecular formula is C17H13FN2O4. The van der Waals surface area contributed by atoms with Crippen molar-refractivity contribution in [1.82, 2.24) is 10.1 Å². The maximum atomic E-state index is 13.8. The first-order valence-corrected chi connectivity index (χ1v) is 6.99. The van der Waals surface area contributed by atoms with Gasteiger partial charge in [0.25, 0.3) is 5.89 Å². The van der Waals surface area contributed by atoms with E-state index < -0.39 is 11.8 Å². The summed E-state index contributed by atoms with van der Waals surface area (Å²) in [4.78, 5) is 15.9. The van der Waals surface area contributed by atoms with Crippen LogP contribution in [0.2, 0.25) is 0 Å². The molecule has 0 fully saturated rings. The Bertz CT molecular complexity index is 892. The van der Waals surface area contributed by atoms with Gasteiger partial charge in [-0.05, 0) is 30.3 Å². The molecule has 0 aliphatic carbocycles. The summed E-state index contributed by atoms with van der Waals surface area (Å²) >= 11 is 0. The van der Waals surface area contributed by atoms with E-state index in [1.165, 1.54) is 32.4 Å². The van der Waals surface area contributed by atoms with Crippen molar-refractivity contribution in [2.75, 3.05) is 14.2 Å². The van der Waals surface area contributed by atoms with Crippen molar-refractivity contribution >= 4 is 5.97 Å². The lowest BCUT2D eigenvalue weighted by Gasteiger charge is -2.06. The molecule has 0 amide bonds. The summed E-state index contributed by atoms with van der Waals surface area (Å²) in [7, 11) is 2.77. The summed E-state index contributed by atoms with van der Waals surface area (Å²) < 4.78 is 28.9. The van der Waals surface area contributed by atoms with Crippen LogP contribution in [-0.4, -0.2) is 30.3 Å². The fraction of sp³-hybridized carbons (Fsp3) is 0.118. The zero-order valence-corrected chi connectivity index (χ0v) is 12.9. The number of hydrogen-bond acceptors (Lipinski definition) is 6. The van der Waals surface area contributed by atoms with E-state index in [0.717, 1.165) is 0 Å². The average Bonchev–Trinajstić information content (AvgIpc) is 3.10. The molecule has 2 aromatic carbocycles. The van der Waals surface area contributed by atoms with Crippen molar-refractivity contribution in [2.45, 2.75) is 0 Å². The van der Waals surface area contributed by atoms with Gasteiger partial charge in [0.2, 0.25) is 5.82 Å². The van der Waals surface area contributed by atoms with Gasteiger partial charge in [0.05, 0.1) is 30.9 Å². The van der Waals surface area contributed by atoms with Crippen LogP contribution in [0.1, 0.15) is 10.4 Å². The van der Waals surface area contributed by atoms with E-state index in [1.807, 2.05) is 0 Å². The summed E-state index contributed by atoms with van der Waals surface area (Å²) in [5.74, 6) is -0.312. The van der Waals surface area contributed by atoms with E-state index in [1.54, 1.807) is 24.3 Å². The summed E-state index contributed by atoms with van der Waals surface area (Å²) in [6.45, 7) is 0. The van der Waals surface area contributed by atoms with Crippen LogP contribution in [0.4, 0.5) is 4.39 Å². The van der Waals surface area contributed by atoms with Crippen LogP contribution < -0.4 is 4.74 Å². The molecule has 0 spiro atoms. The fourth-order valence-corrected chi connectivity index (χ4v) is 2.20. The van der Waals surface area contributed by atoms with E-state index in [4.69, 9.17) is 14.0 Å². The minimum atomic E-state index is -0.503. The summed E-state index contributed by atoms with van der Waals surface area (Å²) in [5, 5.41) is 3.85. The highest BCUT2D eigenvalue weighted by Crippen LogP contribution is 2.31. The third-order valence-corrected chi connectivity index (χ3v) is 3.39. The highest BCUT2D eigenvalue weighted by atomic mass is 19.1. The first kappa shape index (κ1) is 15.7. The second-order valence-electron chi connectivity index (χ2n) is 4.81. The number of rotatable bonds is 4. The summed E-state index contributed by atoms with van der Waals surface area (Å²) in [6, 6.07) is 10.8. The Morgan fingerprint density at radius 2 is 1.92 bits per heavy atom. The first-order valence-electron chi connectivity index (χ1n) is 6.99. The minimum Gasteiger partial charge on any atom is -0.496 e.